The van der Waals surface area contributed by atoms with E-state index in [1.54, 1.807) is 0 Å². The van der Waals surface area contributed by atoms with Gasteiger partial charge in [0.1, 0.15) is 5.41 Å². The van der Waals surface area contributed by atoms with Crippen molar-refractivity contribution >= 4 is 43.5 Å². The summed E-state index contributed by atoms with van der Waals surface area (Å²) < 4.78 is 1.61. The SMILES string of the molecule is N#CC1(C(=O)Nc2c(Br)cccc2Br)CCCCCC1. The van der Waals surface area contributed by atoms with Gasteiger partial charge in [0.05, 0.1) is 11.8 Å². The van der Waals surface area contributed by atoms with Gasteiger partial charge in [-0.25, -0.2) is 0 Å². The molecule has 2 rings (SSSR count). The van der Waals surface area contributed by atoms with Gasteiger partial charge in [0, 0.05) is 8.95 Å². The molecule has 0 atom stereocenters. The molecule has 1 aromatic carbocycles. The maximum absolute atomic E-state index is 12.6. The highest BCUT2D eigenvalue weighted by Gasteiger charge is 2.39. The molecule has 1 N–H and O–H groups in total. The third-order valence-electron chi connectivity index (χ3n) is 3.81. The molecule has 5 heteroatoms. The number of rotatable bonds is 2. The average molecular weight is 400 g/mol. The van der Waals surface area contributed by atoms with Crippen molar-refractivity contribution in [3.8, 4) is 6.07 Å². The number of nitrogens with one attached hydrogen (secondary N) is 1. The molecule has 3 nitrogen and oxygen atoms in total. The summed E-state index contributed by atoms with van der Waals surface area (Å²) in [6.07, 6.45) is 5.40. The average Bonchev–Trinajstić information content (AvgIpc) is 2.69. The van der Waals surface area contributed by atoms with E-state index in [0.29, 0.717) is 18.5 Å². The number of hydrogen-bond acceptors (Lipinski definition) is 2. The number of carbonyl (C=O) groups is 1. The molecule has 1 aromatic rings. The van der Waals surface area contributed by atoms with Crippen LogP contribution >= 0.6 is 31.9 Å². The van der Waals surface area contributed by atoms with Crippen molar-refractivity contribution in [2.45, 2.75) is 38.5 Å². The monoisotopic (exact) mass is 398 g/mol. The highest BCUT2D eigenvalue weighted by Crippen LogP contribution is 2.37. The second kappa shape index (κ2) is 6.73. The largest absolute Gasteiger partial charge is 0.323 e. The van der Waals surface area contributed by atoms with Crippen LogP contribution in [0.5, 0.6) is 0 Å². The summed E-state index contributed by atoms with van der Waals surface area (Å²) in [4.78, 5) is 12.6. The maximum atomic E-state index is 12.6. The van der Waals surface area contributed by atoms with Crippen molar-refractivity contribution in [2.24, 2.45) is 5.41 Å². The molecule has 0 aliphatic heterocycles. The highest BCUT2D eigenvalue weighted by atomic mass is 79.9. The molecule has 0 aromatic heterocycles. The quantitative estimate of drug-likeness (QED) is 0.710. The fraction of sp³-hybridized carbons (Fsp3) is 0.467. The number of halogens is 2. The minimum atomic E-state index is -0.884. The Kier molecular flexibility index (Phi) is 5.22. The van der Waals surface area contributed by atoms with Crippen LogP contribution in [0.3, 0.4) is 0 Å². The minimum absolute atomic E-state index is 0.186. The molecule has 106 valence electrons. The van der Waals surface area contributed by atoms with Crippen LogP contribution in [0.25, 0.3) is 0 Å². The minimum Gasteiger partial charge on any atom is -0.323 e. The summed E-state index contributed by atoms with van der Waals surface area (Å²) in [5.74, 6) is -0.186. The molecule has 0 unspecified atom stereocenters. The van der Waals surface area contributed by atoms with E-state index in [0.717, 1.165) is 34.6 Å². The van der Waals surface area contributed by atoms with Gasteiger partial charge in [-0.05, 0) is 56.8 Å². The first-order chi connectivity index (χ1) is 9.59. The number of hydrogen-bond donors (Lipinski definition) is 1. The Morgan fingerprint density at radius 1 is 1.15 bits per heavy atom. The lowest BCUT2D eigenvalue weighted by atomic mass is 9.81. The van der Waals surface area contributed by atoms with E-state index in [9.17, 15) is 10.1 Å². The van der Waals surface area contributed by atoms with E-state index in [1.807, 2.05) is 18.2 Å². The lowest BCUT2D eigenvalue weighted by molar-refractivity contribution is -0.123. The topological polar surface area (TPSA) is 52.9 Å². The van der Waals surface area contributed by atoms with Gasteiger partial charge >= 0.3 is 0 Å². The molecule has 1 fully saturated rings. The summed E-state index contributed by atoms with van der Waals surface area (Å²) in [7, 11) is 0. The van der Waals surface area contributed by atoms with Crippen LogP contribution in [-0.2, 0) is 4.79 Å². The summed E-state index contributed by atoms with van der Waals surface area (Å²) in [6.45, 7) is 0. The molecule has 0 radical (unpaired) electrons. The summed E-state index contributed by atoms with van der Waals surface area (Å²) >= 11 is 6.85. The van der Waals surface area contributed by atoms with Gasteiger partial charge in [0.25, 0.3) is 0 Å². The van der Waals surface area contributed by atoms with Gasteiger partial charge in [-0.3, -0.25) is 4.79 Å². The number of nitrogens with zero attached hydrogens (tertiary/aromatic N) is 1. The van der Waals surface area contributed by atoms with E-state index in [1.165, 1.54) is 0 Å². The van der Waals surface area contributed by atoms with Gasteiger partial charge in [-0.2, -0.15) is 5.26 Å². The fourth-order valence-corrected chi connectivity index (χ4v) is 3.77. The van der Waals surface area contributed by atoms with Gasteiger partial charge in [0.15, 0.2) is 0 Å². The zero-order chi connectivity index (χ0) is 14.6. The Balaban J connectivity index is 2.24. The van der Waals surface area contributed by atoms with Gasteiger partial charge in [-0.15, -0.1) is 0 Å². The zero-order valence-corrected chi connectivity index (χ0v) is 14.3. The van der Waals surface area contributed by atoms with E-state index in [4.69, 9.17) is 0 Å². The maximum Gasteiger partial charge on any atom is 0.244 e. The van der Waals surface area contributed by atoms with Crippen LogP contribution in [-0.4, -0.2) is 5.91 Å². The Morgan fingerprint density at radius 3 is 2.20 bits per heavy atom. The van der Waals surface area contributed by atoms with Crippen LogP contribution < -0.4 is 5.32 Å². The molecule has 1 aliphatic carbocycles. The first kappa shape index (κ1) is 15.5. The lowest BCUT2D eigenvalue weighted by Crippen LogP contribution is -2.34. The lowest BCUT2D eigenvalue weighted by Gasteiger charge is -2.24. The normalized spacial score (nSPS) is 17.9. The van der Waals surface area contributed by atoms with Crippen molar-refractivity contribution in [2.75, 3.05) is 5.32 Å². The second-order valence-electron chi connectivity index (χ2n) is 5.16. The third-order valence-corrected chi connectivity index (χ3v) is 5.13. The molecule has 1 amide bonds. The molecule has 1 saturated carbocycles. The van der Waals surface area contributed by atoms with Gasteiger partial charge in [-0.1, -0.05) is 31.7 Å². The highest BCUT2D eigenvalue weighted by molar-refractivity contribution is 9.11. The Bertz CT molecular complexity index is 523. The van der Waals surface area contributed by atoms with E-state index < -0.39 is 5.41 Å². The van der Waals surface area contributed by atoms with Crippen LogP contribution in [0.15, 0.2) is 27.1 Å². The Hall–Kier alpha value is -0.860. The number of anilines is 1. The van der Waals surface area contributed by atoms with Crippen molar-refractivity contribution in [1.82, 2.24) is 0 Å². The molecular weight excluding hydrogens is 384 g/mol. The molecule has 0 bridgehead atoms. The Morgan fingerprint density at radius 2 is 1.70 bits per heavy atom. The van der Waals surface area contributed by atoms with Crippen LogP contribution in [0, 0.1) is 16.7 Å². The number of carbonyl (C=O) groups excluding carboxylic acids is 1. The molecule has 0 saturated heterocycles. The number of amides is 1. The Labute approximate surface area is 136 Å². The van der Waals surface area contributed by atoms with Gasteiger partial charge < -0.3 is 5.32 Å². The third kappa shape index (κ3) is 3.24. The summed E-state index contributed by atoms with van der Waals surface area (Å²) in [6, 6.07) is 7.89. The van der Waals surface area contributed by atoms with Crippen molar-refractivity contribution in [3.63, 3.8) is 0 Å². The van der Waals surface area contributed by atoms with E-state index >= 15 is 0 Å². The number of benzene rings is 1. The second-order valence-corrected chi connectivity index (χ2v) is 6.87. The molecule has 0 spiro atoms. The summed E-state index contributed by atoms with van der Waals surface area (Å²) in [5, 5.41) is 12.4. The van der Waals surface area contributed by atoms with Crippen LogP contribution in [0.2, 0.25) is 0 Å². The smallest absolute Gasteiger partial charge is 0.244 e. The zero-order valence-electron chi connectivity index (χ0n) is 11.1. The molecule has 1 aliphatic rings. The standard InChI is InChI=1S/C15H16Br2N2O/c16-11-6-5-7-12(17)13(11)19-14(20)15(10-18)8-3-1-2-4-9-15/h5-7H,1-4,8-9H2,(H,19,20). The van der Waals surface area contributed by atoms with Crippen LogP contribution in [0.1, 0.15) is 38.5 Å². The van der Waals surface area contributed by atoms with Crippen molar-refractivity contribution in [1.29, 1.82) is 5.26 Å². The number of para-hydroxylation sites is 1. The van der Waals surface area contributed by atoms with Gasteiger partial charge in [0.2, 0.25) is 5.91 Å². The predicted molar refractivity (Wildman–Crippen MR) is 86.2 cm³/mol. The fourth-order valence-electron chi connectivity index (χ4n) is 2.57. The number of nitriles is 1. The first-order valence-corrected chi connectivity index (χ1v) is 8.34. The van der Waals surface area contributed by atoms with Crippen molar-refractivity contribution < 1.29 is 4.79 Å². The van der Waals surface area contributed by atoms with E-state index in [2.05, 4.69) is 43.2 Å². The first-order valence-electron chi connectivity index (χ1n) is 6.76. The summed E-state index contributed by atoms with van der Waals surface area (Å²) in [5.41, 5.74) is -0.193. The van der Waals surface area contributed by atoms with Crippen molar-refractivity contribution in [3.05, 3.63) is 27.1 Å². The molecular formula is C15H16Br2N2O. The van der Waals surface area contributed by atoms with E-state index in [-0.39, 0.29) is 5.91 Å². The molecule has 20 heavy (non-hydrogen) atoms. The van der Waals surface area contributed by atoms with Crippen LogP contribution in [0.4, 0.5) is 5.69 Å². The molecule has 0 heterocycles. The predicted octanol–water partition coefficient (Wildman–Crippen LogP) is 5.01.